The zero-order valence-corrected chi connectivity index (χ0v) is 11.1. The lowest BCUT2D eigenvalue weighted by Gasteiger charge is -2.31. The van der Waals surface area contributed by atoms with Crippen LogP contribution in [0.3, 0.4) is 0 Å². The third kappa shape index (κ3) is 3.57. The molecule has 0 unspecified atom stereocenters. The van der Waals surface area contributed by atoms with Crippen LogP contribution in [0.15, 0.2) is 6.07 Å². The highest BCUT2D eigenvalue weighted by Crippen LogP contribution is 2.27. The molecule has 0 saturated heterocycles. The second-order valence-electron chi connectivity index (χ2n) is 5.02. The number of aryl methyl sites for hydroxylation is 1. The summed E-state index contributed by atoms with van der Waals surface area (Å²) in [5, 5.41) is 15.8. The lowest BCUT2D eigenvalue weighted by molar-refractivity contribution is 0.0486. The highest BCUT2D eigenvalue weighted by molar-refractivity contribution is 5.42. The van der Waals surface area contributed by atoms with Gasteiger partial charge in [-0.05, 0) is 32.1 Å². The first kappa shape index (κ1) is 13.1. The SMILES string of the molecule is CCCNc1nc(C)cc(NCC2CC(O)C2)n1. The molecule has 1 heterocycles. The van der Waals surface area contributed by atoms with Crippen molar-refractivity contribution >= 4 is 11.8 Å². The molecule has 0 amide bonds. The van der Waals surface area contributed by atoms with E-state index in [9.17, 15) is 5.11 Å². The van der Waals surface area contributed by atoms with Gasteiger partial charge >= 0.3 is 0 Å². The minimum atomic E-state index is -0.0919. The van der Waals surface area contributed by atoms with Crippen molar-refractivity contribution in [3.8, 4) is 0 Å². The Morgan fingerprint density at radius 3 is 2.78 bits per heavy atom. The number of anilines is 2. The minimum Gasteiger partial charge on any atom is -0.393 e. The average molecular weight is 250 g/mol. The molecule has 1 aromatic rings. The second kappa shape index (κ2) is 6.00. The summed E-state index contributed by atoms with van der Waals surface area (Å²) in [6.45, 7) is 5.85. The largest absolute Gasteiger partial charge is 0.393 e. The van der Waals surface area contributed by atoms with Gasteiger partial charge in [0.05, 0.1) is 6.10 Å². The van der Waals surface area contributed by atoms with E-state index in [2.05, 4.69) is 27.5 Å². The number of rotatable bonds is 6. The van der Waals surface area contributed by atoms with Gasteiger partial charge in [-0.15, -0.1) is 0 Å². The molecule has 0 spiro atoms. The zero-order chi connectivity index (χ0) is 13.0. The Bertz CT molecular complexity index is 391. The van der Waals surface area contributed by atoms with E-state index in [-0.39, 0.29) is 6.10 Å². The topological polar surface area (TPSA) is 70.1 Å². The van der Waals surface area contributed by atoms with Crippen molar-refractivity contribution in [1.82, 2.24) is 9.97 Å². The van der Waals surface area contributed by atoms with Crippen molar-refractivity contribution in [2.24, 2.45) is 5.92 Å². The Balaban J connectivity index is 1.88. The lowest BCUT2D eigenvalue weighted by Crippen LogP contribution is -2.33. The summed E-state index contributed by atoms with van der Waals surface area (Å²) < 4.78 is 0. The van der Waals surface area contributed by atoms with Crippen LogP contribution < -0.4 is 10.6 Å². The molecule has 0 aliphatic heterocycles. The Kier molecular flexibility index (Phi) is 4.36. The van der Waals surface area contributed by atoms with E-state index in [1.807, 2.05) is 13.0 Å². The van der Waals surface area contributed by atoms with E-state index in [4.69, 9.17) is 0 Å². The molecular weight excluding hydrogens is 228 g/mol. The summed E-state index contributed by atoms with van der Waals surface area (Å²) in [4.78, 5) is 8.77. The van der Waals surface area contributed by atoms with Crippen molar-refractivity contribution < 1.29 is 5.11 Å². The van der Waals surface area contributed by atoms with E-state index in [1.54, 1.807) is 0 Å². The highest BCUT2D eigenvalue weighted by Gasteiger charge is 2.26. The molecule has 1 aliphatic rings. The van der Waals surface area contributed by atoms with E-state index < -0.39 is 0 Å². The fourth-order valence-corrected chi connectivity index (χ4v) is 2.09. The molecule has 0 bridgehead atoms. The van der Waals surface area contributed by atoms with Crippen LogP contribution in [0.25, 0.3) is 0 Å². The molecule has 1 saturated carbocycles. The minimum absolute atomic E-state index is 0.0919. The molecular formula is C13H22N4O. The van der Waals surface area contributed by atoms with E-state index in [0.717, 1.165) is 43.9 Å². The van der Waals surface area contributed by atoms with Crippen molar-refractivity contribution in [3.05, 3.63) is 11.8 Å². The maximum absolute atomic E-state index is 9.24. The molecule has 3 N–H and O–H groups in total. The number of hydrogen-bond acceptors (Lipinski definition) is 5. The molecule has 5 nitrogen and oxygen atoms in total. The van der Waals surface area contributed by atoms with E-state index >= 15 is 0 Å². The quantitative estimate of drug-likeness (QED) is 0.718. The molecule has 1 aliphatic carbocycles. The zero-order valence-electron chi connectivity index (χ0n) is 11.1. The molecule has 2 rings (SSSR count). The number of nitrogens with zero attached hydrogens (tertiary/aromatic N) is 2. The second-order valence-corrected chi connectivity index (χ2v) is 5.02. The Morgan fingerprint density at radius 1 is 1.33 bits per heavy atom. The predicted molar refractivity (Wildman–Crippen MR) is 72.8 cm³/mol. The van der Waals surface area contributed by atoms with Gasteiger partial charge in [-0.1, -0.05) is 6.92 Å². The Morgan fingerprint density at radius 2 is 2.11 bits per heavy atom. The summed E-state index contributed by atoms with van der Waals surface area (Å²) in [6.07, 6.45) is 2.77. The van der Waals surface area contributed by atoms with Crippen LogP contribution in [0.4, 0.5) is 11.8 Å². The van der Waals surface area contributed by atoms with Crippen LogP contribution in [0.1, 0.15) is 31.9 Å². The van der Waals surface area contributed by atoms with Crippen molar-refractivity contribution in [2.75, 3.05) is 23.7 Å². The van der Waals surface area contributed by atoms with Gasteiger partial charge in [-0.3, -0.25) is 0 Å². The summed E-state index contributed by atoms with van der Waals surface area (Å²) in [7, 11) is 0. The standard InChI is InChI=1S/C13H22N4O/c1-3-4-14-13-16-9(2)5-12(17-13)15-8-10-6-11(18)7-10/h5,10-11,18H,3-4,6-8H2,1-2H3,(H2,14,15,16,17). The number of hydrogen-bond donors (Lipinski definition) is 3. The molecule has 100 valence electrons. The van der Waals surface area contributed by atoms with Crippen LogP contribution in [-0.4, -0.2) is 34.3 Å². The predicted octanol–water partition coefficient (Wildman–Crippen LogP) is 1.79. The van der Waals surface area contributed by atoms with Crippen LogP contribution in [0.2, 0.25) is 0 Å². The van der Waals surface area contributed by atoms with Crippen LogP contribution in [0, 0.1) is 12.8 Å². The molecule has 0 atom stereocenters. The van der Waals surface area contributed by atoms with Gasteiger partial charge in [0.1, 0.15) is 5.82 Å². The first-order valence-corrected chi connectivity index (χ1v) is 6.69. The molecule has 0 aromatic carbocycles. The maximum Gasteiger partial charge on any atom is 0.224 e. The summed E-state index contributed by atoms with van der Waals surface area (Å²) in [6, 6.07) is 1.95. The summed E-state index contributed by atoms with van der Waals surface area (Å²) in [5.74, 6) is 2.12. The van der Waals surface area contributed by atoms with Gasteiger partial charge in [-0.25, -0.2) is 4.98 Å². The molecule has 1 aromatic heterocycles. The average Bonchev–Trinajstić information content (AvgIpc) is 2.30. The fourth-order valence-electron chi connectivity index (χ4n) is 2.09. The Labute approximate surface area is 108 Å². The number of nitrogens with one attached hydrogen (secondary N) is 2. The van der Waals surface area contributed by atoms with Gasteiger partial charge in [0, 0.05) is 24.8 Å². The number of aliphatic hydroxyl groups is 1. The number of aromatic nitrogens is 2. The van der Waals surface area contributed by atoms with Gasteiger partial charge < -0.3 is 15.7 Å². The van der Waals surface area contributed by atoms with E-state index in [0.29, 0.717) is 11.9 Å². The van der Waals surface area contributed by atoms with Gasteiger partial charge in [0.25, 0.3) is 0 Å². The van der Waals surface area contributed by atoms with Crippen molar-refractivity contribution in [1.29, 1.82) is 0 Å². The molecule has 5 heteroatoms. The van der Waals surface area contributed by atoms with Crippen molar-refractivity contribution in [2.45, 2.75) is 39.2 Å². The smallest absolute Gasteiger partial charge is 0.224 e. The maximum atomic E-state index is 9.24. The molecule has 18 heavy (non-hydrogen) atoms. The van der Waals surface area contributed by atoms with Crippen LogP contribution >= 0.6 is 0 Å². The third-order valence-corrected chi connectivity index (χ3v) is 3.17. The lowest BCUT2D eigenvalue weighted by atomic mass is 9.82. The first-order chi connectivity index (χ1) is 8.67. The normalized spacial score (nSPS) is 22.4. The van der Waals surface area contributed by atoms with E-state index in [1.165, 1.54) is 0 Å². The third-order valence-electron chi connectivity index (χ3n) is 3.17. The summed E-state index contributed by atoms with van der Waals surface area (Å²) >= 11 is 0. The fraction of sp³-hybridized carbons (Fsp3) is 0.692. The van der Waals surface area contributed by atoms with Crippen molar-refractivity contribution in [3.63, 3.8) is 0 Å². The summed E-state index contributed by atoms with van der Waals surface area (Å²) in [5.41, 5.74) is 0.958. The molecule has 1 fully saturated rings. The Hall–Kier alpha value is -1.36. The van der Waals surface area contributed by atoms with Gasteiger partial charge in [0.15, 0.2) is 0 Å². The van der Waals surface area contributed by atoms with Gasteiger partial charge in [0.2, 0.25) is 5.95 Å². The van der Waals surface area contributed by atoms with Crippen LogP contribution in [0.5, 0.6) is 0 Å². The molecule has 0 radical (unpaired) electrons. The number of aliphatic hydroxyl groups excluding tert-OH is 1. The van der Waals surface area contributed by atoms with Gasteiger partial charge in [-0.2, -0.15) is 4.98 Å². The highest BCUT2D eigenvalue weighted by atomic mass is 16.3. The first-order valence-electron chi connectivity index (χ1n) is 6.69. The monoisotopic (exact) mass is 250 g/mol. The van der Waals surface area contributed by atoms with Crippen LogP contribution in [-0.2, 0) is 0 Å².